The number of rotatable bonds is 2. The molecular formula is C13H12N2O2S. The molecule has 0 radical (unpaired) electrons. The third-order valence-corrected chi connectivity index (χ3v) is 3.90. The van der Waals surface area contributed by atoms with E-state index in [2.05, 4.69) is 26.8 Å². The van der Waals surface area contributed by atoms with Crippen molar-refractivity contribution in [2.45, 2.75) is 13.1 Å². The second-order valence-corrected chi connectivity index (χ2v) is 4.97. The Balaban J connectivity index is 1.82. The molecule has 18 heavy (non-hydrogen) atoms. The van der Waals surface area contributed by atoms with E-state index in [1.807, 2.05) is 12.1 Å². The minimum atomic E-state index is -0.380. The maximum absolute atomic E-state index is 11.4. The molecule has 5 heteroatoms. The quantitative estimate of drug-likeness (QED) is 0.778. The first-order valence-corrected chi connectivity index (χ1v) is 6.51. The Hall–Kier alpha value is -1.88. The van der Waals surface area contributed by atoms with Crippen LogP contribution in [-0.2, 0) is 17.8 Å². The summed E-state index contributed by atoms with van der Waals surface area (Å²) in [5, 5.41) is 2.61. The van der Waals surface area contributed by atoms with Crippen LogP contribution in [0.15, 0.2) is 29.6 Å². The molecule has 92 valence electrons. The van der Waals surface area contributed by atoms with E-state index in [-0.39, 0.29) is 5.97 Å². The fraction of sp³-hybridized carbons (Fsp3) is 0.231. The van der Waals surface area contributed by atoms with Gasteiger partial charge in [0.05, 0.1) is 7.11 Å². The monoisotopic (exact) mass is 260 g/mol. The molecule has 0 amide bonds. The number of benzene rings is 1. The summed E-state index contributed by atoms with van der Waals surface area (Å²) in [5.74, 6) is -0.380. The predicted octanol–water partition coefficient (Wildman–Crippen LogP) is 2.45. The van der Waals surface area contributed by atoms with E-state index < -0.39 is 0 Å². The first-order valence-electron chi connectivity index (χ1n) is 5.63. The largest absolute Gasteiger partial charge is 0.464 e. The van der Waals surface area contributed by atoms with Crippen LogP contribution in [0.2, 0.25) is 0 Å². The molecule has 0 saturated heterocycles. The number of hydrogen-bond acceptors (Lipinski definition) is 5. The summed E-state index contributed by atoms with van der Waals surface area (Å²) in [4.78, 5) is 17.8. The highest BCUT2D eigenvalue weighted by Gasteiger charge is 2.22. The van der Waals surface area contributed by atoms with E-state index in [9.17, 15) is 4.79 Å². The van der Waals surface area contributed by atoms with Crippen molar-refractivity contribution >= 4 is 22.4 Å². The van der Waals surface area contributed by atoms with Crippen LogP contribution in [0.1, 0.15) is 21.6 Å². The van der Waals surface area contributed by atoms with Gasteiger partial charge in [-0.25, -0.2) is 9.78 Å². The molecule has 1 aliphatic rings. The van der Waals surface area contributed by atoms with Crippen molar-refractivity contribution in [3.05, 3.63) is 46.5 Å². The molecule has 3 rings (SSSR count). The number of carbonyl (C=O) groups is 1. The molecule has 2 heterocycles. The lowest BCUT2D eigenvalue weighted by molar-refractivity contribution is 0.0595. The molecule has 0 saturated carbocycles. The zero-order valence-corrected chi connectivity index (χ0v) is 10.7. The summed E-state index contributed by atoms with van der Waals surface area (Å²) in [6, 6.07) is 8.35. The topological polar surface area (TPSA) is 42.4 Å². The third kappa shape index (κ3) is 1.86. The Morgan fingerprint density at radius 3 is 2.61 bits per heavy atom. The average Bonchev–Trinajstić information content (AvgIpc) is 3.03. The van der Waals surface area contributed by atoms with Crippen LogP contribution in [0.4, 0.5) is 5.13 Å². The fourth-order valence-corrected chi connectivity index (χ4v) is 2.87. The fourth-order valence-electron chi connectivity index (χ4n) is 2.08. The van der Waals surface area contributed by atoms with Crippen molar-refractivity contribution in [3.8, 4) is 0 Å². The van der Waals surface area contributed by atoms with Gasteiger partial charge in [0, 0.05) is 18.5 Å². The molecular weight excluding hydrogens is 248 g/mol. The molecule has 0 aliphatic carbocycles. The number of anilines is 1. The van der Waals surface area contributed by atoms with Crippen LogP contribution in [0, 0.1) is 0 Å². The maximum atomic E-state index is 11.4. The molecule has 1 aromatic carbocycles. The van der Waals surface area contributed by atoms with E-state index in [4.69, 9.17) is 0 Å². The first-order chi connectivity index (χ1) is 8.78. The van der Waals surface area contributed by atoms with Gasteiger partial charge >= 0.3 is 5.97 Å². The Bertz CT molecular complexity index is 569. The highest BCUT2D eigenvalue weighted by molar-refractivity contribution is 7.13. The van der Waals surface area contributed by atoms with Crippen molar-refractivity contribution in [2.75, 3.05) is 12.0 Å². The lowest BCUT2D eigenvalue weighted by Crippen LogP contribution is -2.14. The minimum Gasteiger partial charge on any atom is -0.464 e. The summed E-state index contributed by atoms with van der Waals surface area (Å²) < 4.78 is 4.66. The molecule has 2 aromatic rings. The molecule has 0 bridgehead atoms. The Kier molecular flexibility index (Phi) is 2.76. The summed E-state index contributed by atoms with van der Waals surface area (Å²) in [6.45, 7) is 1.70. The lowest BCUT2D eigenvalue weighted by atomic mass is 10.1. The summed E-state index contributed by atoms with van der Waals surface area (Å²) >= 11 is 1.48. The van der Waals surface area contributed by atoms with Gasteiger partial charge < -0.3 is 9.64 Å². The van der Waals surface area contributed by atoms with Gasteiger partial charge in [-0.2, -0.15) is 0 Å². The van der Waals surface area contributed by atoms with Gasteiger partial charge in [0.15, 0.2) is 10.8 Å². The van der Waals surface area contributed by atoms with E-state index in [1.54, 1.807) is 5.38 Å². The smallest absolute Gasteiger partial charge is 0.357 e. The number of methoxy groups -OCH3 is 1. The van der Waals surface area contributed by atoms with Gasteiger partial charge in [-0.1, -0.05) is 24.3 Å². The molecule has 0 fully saturated rings. The predicted molar refractivity (Wildman–Crippen MR) is 69.8 cm³/mol. The van der Waals surface area contributed by atoms with Gasteiger partial charge in [-0.05, 0) is 11.1 Å². The minimum absolute atomic E-state index is 0.380. The Morgan fingerprint density at radius 1 is 1.33 bits per heavy atom. The summed E-state index contributed by atoms with van der Waals surface area (Å²) in [5.41, 5.74) is 3.04. The molecule has 0 atom stereocenters. The first kappa shape index (κ1) is 11.2. The molecule has 1 aromatic heterocycles. The van der Waals surface area contributed by atoms with Gasteiger partial charge in [0.1, 0.15) is 0 Å². The molecule has 0 spiro atoms. The number of nitrogens with zero attached hydrogens (tertiary/aromatic N) is 2. The second kappa shape index (κ2) is 4.42. The van der Waals surface area contributed by atoms with Crippen LogP contribution in [-0.4, -0.2) is 18.1 Å². The zero-order valence-electron chi connectivity index (χ0n) is 9.92. The number of esters is 1. The van der Waals surface area contributed by atoms with Crippen LogP contribution >= 0.6 is 11.3 Å². The van der Waals surface area contributed by atoms with Crippen molar-refractivity contribution in [3.63, 3.8) is 0 Å². The number of hydrogen-bond donors (Lipinski definition) is 0. The van der Waals surface area contributed by atoms with E-state index in [1.165, 1.54) is 29.6 Å². The van der Waals surface area contributed by atoms with E-state index in [0.29, 0.717) is 5.69 Å². The highest BCUT2D eigenvalue weighted by atomic mass is 32.1. The van der Waals surface area contributed by atoms with Crippen LogP contribution < -0.4 is 4.90 Å². The second-order valence-electron chi connectivity index (χ2n) is 4.13. The van der Waals surface area contributed by atoms with Gasteiger partial charge in [0.25, 0.3) is 0 Å². The normalized spacial score (nSPS) is 13.5. The zero-order chi connectivity index (χ0) is 12.5. The van der Waals surface area contributed by atoms with Gasteiger partial charge in [0.2, 0.25) is 0 Å². The summed E-state index contributed by atoms with van der Waals surface area (Å²) in [6.07, 6.45) is 0. The van der Waals surface area contributed by atoms with Gasteiger partial charge in [-0.3, -0.25) is 0 Å². The van der Waals surface area contributed by atoms with Crippen molar-refractivity contribution in [2.24, 2.45) is 0 Å². The van der Waals surface area contributed by atoms with E-state index >= 15 is 0 Å². The van der Waals surface area contributed by atoms with Gasteiger partial charge in [-0.15, -0.1) is 11.3 Å². The number of carbonyl (C=O) groups excluding carboxylic acids is 1. The average molecular weight is 260 g/mol. The van der Waals surface area contributed by atoms with Crippen molar-refractivity contribution in [1.29, 1.82) is 0 Å². The van der Waals surface area contributed by atoms with Crippen molar-refractivity contribution < 1.29 is 9.53 Å². The molecule has 1 aliphatic heterocycles. The number of fused-ring (bicyclic) bond motifs is 1. The molecule has 0 N–H and O–H groups in total. The molecule has 0 unspecified atom stereocenters. The van der Waals surface area contributed by atoms with Crippen LogP contribution in [0.5, 0.6) is 0 Å². The highest BCUT2D eigenvalue weighted by Crippen LogP contribution is 2.30. The van der Waals surface area contributed by atoms with Crippen LogP contribution in [0.25, 0.3) is 0 Å². The van der Waals surface area contributed by atoms with Crippen molar-refractivity contribution in [1.82, 2.24) is 4.98 Å². The Morgan fingerprint density at radius 2 is 2.00 bits per heavy atom. The Labute approximate surface area is 109 Å². The number of aromatic nitrogens is 1. The maximum Gasteiger partial charge on any atom is 0.357 e. The lowest BCUT2D eigenvalue weighted by Gasteiger charge is -2.12. The molecule has 4 nitrogen and oxygen atoms in total. The summed E-state index contributed by atoms with van der Waals surface area (Å²) in [7, 11) is 1.37. The van der Waals surface area contributed by atoms with Crippen LogP contribution in [0.3, 0.4) is 0 Å². The standard InChI is InChI=1S/C13H12N2O2S/c1-17-12(16)11-8-18-13(14-11)15-6-9-4-2-3-5-10(9)7-15/h2-5,8H,6-7H2,1H3. The third-order valence-electron chi connectivity index (χ3n) is 3.00. The van der Waals surface area contributed by atoms with E-state index in [0.717, 1.165) is 18.2 Å². The number of ether oxygens (including phenoxy) is 1. The number of thiazole rings is 1. The SMILES string of the molecule is COC(=O)c1csc(N2Cc3ccccc3C2)n1.